The van der Waals surface area contributed by atoms with Crippen LogP contribution in [0.1, 0.15) is 26.7 Å². The van der Waals surface area contributed by atoms with Crippen LogP contribution in [0.25, 0.3) is 0 Å². The van der Waals surface area contributed by atoms with Crippen molar-refractivity contribution in [3.8, 4) is 0 Å². The smallest absolute Gasteiger partial charge is 0.333 e. The summed E-state index contributed by atoms with van der Waals surface area (Å²) in [4.78, 5) is 11.7. The number of fused-ring (bicyclic) bond motifs is 2. The third-order valence-electron chi connectivity index (χ3n) is 5.20. The first-order valence-corrected chi connectivity index (χ1v) is 6.71. The summed E-state index contributed by atoms with van der Waals surface area (Å²) >= 11 is 0. The van der Waals surface area contributed by atoms with Crippen molar-refractivity contribution in [1.29, 1.82) is 0 Å². The molecule has 3 aliphatic heterocycles. The van der Waals surface area contributed by atoms with Crippen LogP contribution in [-0.4, -0.2) is 36.0 Å². The lowest BCUT2D eigenvalue weighted by Crippen LogP contribution is -2.44. The highest BCUT2D eigenvalue weighted by Crippen LogP contribution is 2.63. The first-order chi connectivity index (χ1) is 8.51. The lowest BCUT2D eigenvalue weighted by Gasteiger charge is -2.28. The first kappa shape index (κ1) is 11.0. The molecule has 0 amide bonds. The van der Waals surface area contributed by atoms with Crippen molar-refractivity contribution in [2.75, 3.05) is 0 Å². The number of rotatable bonds is 2. The van der Waals surface area contributed by atoms with Crippen LogP contribution in [0.15, 0.2) is 12.2 Å². The SMILES string of the molecule is C=C(C)C(=O)OC1C2OC3C1OC1(C)CCC2C31. The highest BCUT2D eigenvalue weighted by atomic mass is 16.6. The van der Waals surface area contributed by atoms with Crippen molar-refractivity contribution in [3.05, 3.63) is 12.2 Å². The number of carbonyl (C=O) groups excluding carboxylic acids is 1. The average Bonchev–Trinajstić information content (AvgIpc) is 2.94. The van der Waals surface area contributed by atoms with Gasteiger partial charge in [-0.2, -0.15) is 0 Å². The molecule has 3 saturated heterocycles. The van der Waals surface area contributed by atoms with Gasteiger partial charge < -0.3 is 14.2 Å². The molecule has 0 aromatic rings. The minimum absolute atomic E-state index is 0.0395. The van der Waals surface area contributed by atoms with Gasteiger partial charge in [0.25, 0.3) is 0 Å². The van der Waals surface area contributed by atoms with Crippen molar-refractivity contribution in [2.24, 2.45) is 11.8 Å². The number of hydrogen-bond donors (Lipinski definition) is 0. The Labute approximate surface area is 106 Å². The second-order valence-corrected chi connectivity index (χ2v) is 6.34. The molecule has 3 heterocycles. The van der Waals surface area contributed by atoms with Gasteiger partial charge in [0.05, 0.1) is 11.7 Å². The Morgan fingerprint density at radius 3 is 2.89 bits per heavy atom. The molecule has 4 heteroatoms. The van der Waals surface area contributed by atoms with Crippen LogP contribution >= 0.6 is 0 Å². The summed E-state index contributed by atoms with van der Waals surface area (Å²) in [5, 5.41) is 0. The molecule has 0 spiro atoms. The fourth-order valence-corrected chi connectivity index (χ4v) is 4.50. The van der Waals surface area contributed by atoms with Crippen molar-refractivity contribution in [1.82, 2.24) is 0 Å². The van der Waals surface area contributed by atoms with Gasteiger partial charge in [-0.3, -0.25) is 0 Å². The molecule has 18 heavy (non-hydrogen) atoms. The van der Waals surface area contributed by atoms with Gasteiger partial charge in [0.15, 0.2) is 6.10 Å². The highest BCUT2D eigenvalue weighted by Gasteiger charge is 2.74. The van der Waals surface area contributed by atoms with Gasteiger partial charge in [-0.05, 0) is 32.6 Å². The molecule has 4 rings (SSSR count). The summed E-state index contributed by atoms with van der Waals surface area (Å²) in [6, 6.07) is 0. The summed E-state index contributed by atoms with van der Waals surface area (Å²) in [6.07, 6.45) is 2.10. The van der Waals surface area contributed by atoms with Crippen LogP contribution in [-0.2, 0) is 19.0 Å². The van der Waals surface area contributed by atoms with E-state index in [1.807, 2.05) is 0 Å². The Balaban J connectivity index is 1.63. The molecular weight excluding hydrogens is 232 g/mol. The number of carbonyl (C=O) groups is 1. The molecule has 0 aromatic heterocycles. The molecule has 0 aromatic carbocycles. The van der Waals surface area contributed by atoms with E-state index in [-0.39, 0.29) is 36.0 Å². The average molecular weight is 250 g/mol. The van der Waals surface area contributed by atoms with Gasteiger partial charge >= 0.3 is 5.97 Å². The van der Waals surface area contributed by atoms with E-state index in [2.05, 4.69) is 13.5 Å². The fourth-order valence-electron chi connectivity index (χ4n) is 4.50. The molecule has 4 aliphatic rings. The third-order valence-corrected chi connectivity index (χ3v) is 5.20. The molecule has 1 aliphatic carbocycles. The molecule has 0 radical (unpaired) electrons. The van der Waals surface area contributed by atoms with E-state index in [4.69, 9.17) is 14.2 Å². The summed E-state index contributed by atoms with van der Waals surface area (Å²) in [5.41, 5.74) is 0.378. The van der Waals surface area contributed by atoms with Crippen LogP contribution in [0.2, 0.25) is 0 Å². The van der Waals surface area contributed by atoms with Gasteiger partial charge in [-0.15, -0.1) is 0 Å². The summed E-state index contributed by atoms with van der Waals surface area (Å²) < 4.78 is 17.7. The molecule has 7 unspecified atom stereocenters. The van der Waals surface area contributed by atoms with E-state index in [0.717, 1.165) is 12.8 Å². The minimum Gasteiger partial charge on any atom is -0.453 e. The van der Waals surface area contributed by atoms with Gasteiger partial charge in [0.1, 0.15) is 12.2 Å². The monoisotopic (exact) mass is 250 g/mol. The minimum atomic E-state index is -0.329. The largest absolute Gasteiger partial charge is 0.453 e. The predicted octanol–water partition coefficient (Wildman–Crippen LogP) is 1.44. The second kappa shape index (κ2) is 3.17. The third kappa shape index (κ3) is 1.11. The quantitative estimate of drug-likeness (QED) is 0.549. The van der Waals surface area contributed by atoms with Crippen LogP contribution in [0.4, 0.5) is 0 Å². The first-order valence-electron chi connectivity index (χ1n) is 6.71. The zero-order valence-electron chi connectivity index (χ0n) is 10.7. The summed E-state index contributed by atoms with van der Waals surface area (Å²) in [5.74, 6) is 0.679. The Kier molecular flexibility index (Phi) is 1.94. The zero-order valence-corrected chi connectivity index (χ0v) is 10.7. The number of esters is 1. The molecule has 4 fully saturated rings. The van der Waals surface area contributed by atoms with E-state index in [9.17, 15) is 4.79 Å². The van der Waals surface area contributed by atoms with Gasteiger partial charge in [-0.1, -0.05) is 6.58 Å². The maximum absolute atomic E-state index is 11.7. The van der Waals surface area contributed by atoms with Gasteiger partial charge in [0.2, 0.25) is 0 Å². The molecule has 2 bridgehead atoms. The number of hydrogen-bond acceptors (Lipinski definition) is 4. The summed E-state index contributed by atoms with van der Waals surface area (Å²) in [6.45, 7) is 7.47. The van der Waals surface area contributed by atoms with E-state index in [1.54, 1.807) is 6.92 Å². The van der Waals surface area contributed by atoms with Gasteiger partial charge in [0, 0.05) is 11.5 Å². The molecule has 7 atom stereocenters. The molecule has 98 valence electrons. The van der Waals surface area contributed by atoms with Gasteiger partial charge in [-0.25, -0.2) is 4.79 Å². The lowest BCUT2D eigenvalue weighted by atomic mass is 9.77. The summed E-state index contributed by atoms with van der Waals surface area (Å²) in [7, 11) is 0. The maximum Gasteiger partial charge on any atom is 0.333 e. The topological polar surface area (TPSA) is 44.8 Å². The zero-order chi connectivity index (χ0) is 12.7. The van der Waals surface area contributed by atoms with Crippen molar-refractivity contribution in [3.63, 3.8) is 0 Å². The van der Waals surface area contributed by atoms with E-state index in [0.29, 0.717) is 17.4 Å². The van der Waals surface area contributed by atoms with Crippen molar-refractivity contribution >= 4 is 5.97 Å². The van der Waals surface area contributed by atoms with Crippen LogP contribution in [0.3, 0.4) is 0 Å². The Morgan fingerprint density at radius 1 is 1.39 bits per heavy atom. The van der Waals surface area contributed by atoms with E-state index >= 15 is 0 Å². The molecular formula is C14H18O4. The Bertz CT molecular complexity index is 437. The predicted molar refractivity (Wildman–Crippen MR) is 62.8 cm³/mol. The lowest BCUT2D eigenvalue weighted by molar-refractivity contribution is -0.156. The van der Waals surface area contributed by atoms with Crippen LogP contribution in [0, 0.1) is 11.8 Å². The Hall–Kier alpha value is -0.870. The van der Waals surface area contributed by atoms with Crippen molar-refractivity contribution < 1.29 is 19.0 Å². The second-order valence-electron chi connectivity index (χ2n) is 6.34. The van der Waals surface area contributed by atoms with Crippen LogP contribution in [0.5, 0.6) is 0 Å². The highest BCUT2D eigenvalue weighted by molar-refractivity contribution is 5.87. The van der Waals surface area contributed by atoms with Crippen LogP contribution < -0.4 is 0 Å². The molecule has 4 nitrogen and oxygen atoms in total. The van der Waals surface area contributed by atoms with Crippen molar-refractivity contribution in [2.45, 2.75) is 56.7 Å². The number of ether oxygens (including phenoxy) is 3. The van der Waals surface area contributed by atoms with E-state index in [1.165, 1.54) is 0 Å². The Morgan fingerprint density at radius 2 is 2.17 bits per heavy atom. The maximum atomic E-state index is 11.7. The van der Waals surface area contributed by atoms with E-state index < -0.39 is 0 Å². The molecule has 1 saturated carbocycles. The normalized spacial score (nSPS) is 55.0. The standard InChI is InChI=1S/C14H18O4/c1-6(2)13(15)17-11-9-7-4-5-14(3)8(7)10(16-9)12(11)18-14/h7-12H,1,4-5H2,2-3H3. The fraction of sp³-hybridized carbons (Fsp3) is 0.786. The molecule has 0 N–H and O–H groups in total.